The fourth-order valence-corrected chi connectivity index (χ4v) is 2.00. The minimum atomic E-state index is -4.09. The van der Waals surface area contributed by atoms with Crippen LogP contribution in [0.5, 0.6) is 5.75 Å². The lowest BCUT2D eigenvalue weighted by molar-refractivity contribution is -0.135. The molecule has 134 valence electrons. The number of nitrogens with one attached hydrogen (secondary N) is 2. The normalized spacial score (nSPS) is 11.9. The molecule has 0 fully saturated rings. The van der Waals surface area contributed by atoms with Gasteiger partial charge in [0, 0.05) is 32.1 Å². The van der Waals surface area contributed by atoms with Crippen molar-refractivity contribution in [3.63, 3.8) is 0 Å². The molecule has 7 heteroatoms. The summed E-state index contributed by atoms with van der Waals surface area (Å²) in [5.74, 6) is 1.30. The van der Waals surface area contributed by atoms with Crippen LogP contribution in [0.3, 0.4) is 0 Å². The van der Waals surface area contributed by atoms with Crippen molar-refractivity contribution in [2.75, 3.05) is 20.2 Å². The number of guanidine groups is 1. The molecule has 0 aliphatic rings. The third-order valence-corrected chi connectivity index (χ3v) is 3.18. The predicted molar refractivity (Wildman–Crippen MR) is 90.2 cm³/mol. The Morgan fingerprint density at radius 3 is 2.67 bits per heavy atom. The van der Waals surface area contributed by atoms with Gasteiger partial charge in [-0.15, -0.1) is 0 Å². The molecule has 0 aliphatic heterocycles. The van der Waals surface area contributed by atoms with E-state index in [-0.39, 0.29) is 6.42 Å². The zero-order valence-corrected chi connectivity index (χ0v) is 13.8. The fourth-order valence-electron chi connectivity index (χ4n) is 2.00. The second-order valence-electron chi connectivity index (χ2n) is 5.13. The average Bonchev–Trinajstić information content (AvgIpc) is 2.55. The van der Waals surface area contributed by atoms with E-state index in [4.69, 9.17) is 4.74 Å². The number of alkyl halides is 3. The number of nitrogens with zero attached hydrogens (tertiary/aromatic N) is 1. The minimum Gasteiger partial charge on any atom is -0.489 e. The van der Waals surface area contributed by atoms with Gasteiger partial charge in [0.05, 0.1) is 0 Å². The SMILES string of the molecule is C=CCOc1ccccc1CNC(=NC)NCCCCC(F)(F)F. The summed E-state index contributed by atoms with van der Waals surface area (Å²) in [6.45, 7) is 4.97. The van der Waals surface area contributed by atoms with Gasteiger partial charge in [0.1, 0.15) is 12.4 Å². The summed E-state index contributed by atoms with van der Waals surface area (Å²) in [6.07, 6.45) is -2.64. The number of aliphatic imine (C=N–C) groups is 1. The zero-order chi connectivity index (χ0) is 17.8. The van der Waals surface area contributed by atoms with Crippen LogP contribution in [-0.4, -0.2) is 32.3 Å². The van der Waals surface area contributed by atoms with E-state index in [0.29, 0.717) is 32.1 Å². The van der Waals surface area contributed by atoms with Crippen molar-refractivity contribution in [2.24, 2.45) is 4.99 Å². The van der Waals surface area contributed by atoms with Crippen molar-refractivity contribution in [3.8, 4) is 5.75 Å². The minimum absolute atomic E-state index is 0.103. The second kappa shape index (κ2) is 10.6. The summed E-state index contributed by atoms with van der Waals surface area (Å²) < 4.78 is 41.8. The number of ether oxygens (including phenoxy) is 1. The van der Waals surface area contributed by atoms with Crippen LogP contribution in [0.15, 0.2) is 41.9 Å². The Morgan fingerprint density at radius 1 is 1.25 bits per heavy atom. The maximum Gasteiger partial charge on any atom is 0.389 e. The highest BCUT2D eigenvalue weighted by molar-refractivity contribution is 5.79. The topological polar surface area (TPSA) is 45.6 Å². The molecule has 0 aromatic heterocycles. The summed E-state index contributed by atoms with van der Waals surface area (Å²) in [4.78, 5) is 4.06. The highest BCUT2D eigenvalue weighted by atomic mass is 19.4. The lowest BCUT2D eigenvalue weighted by Gasteiger charge is -2.14. The first-order valence-electron chi connectivity index (χ1n) is 7.79. The molecule has 4 nitrogen and oxygen atoms in total. The van der Waals surface area contributed by atoms with Crippen LogP contribution in [0.1, 0.15) is 24.8 Å². The summed E-state index contributed by atoms with van der Waals surface area (Å²) >= 11 is 0. The maximum atomic E-state index is 12.1. The van der Waals surface area contributed by atoms with Gasteiger partial charge < -0.3 is 15.4 Å². The van der Waals surface area contributed by atoms with Crippen molar-refractivity contribution in [3.05, 3.63) is 42.5 Å². The van der Waals surface area contributed by atoms with E-state index in [9.17, 15) is 13.2 Å². The van der Waals surface area contributed by atoms with Gasteiger partial charge in [0.2, 0.25) is 0 Å². The summed E-state index contributed by atoms with van der Waals surface area (Å²) in [7, 11) is 1.62. The Bertz CT molecular complexity index is 530. The molecule has 0 aliphatic carbocycles. The summed E-state index contributed by atoms with van der Waals surface area (Å²) in [5, 5.41) is 6.12. The standard InChI is InChI=1S/C17H24F3N3O/c1-3-12-24-15-9-5-4-8-14(15)13-23-16(21-2)22-11-7-6-10-17(18,19)20/h3-5,8-9H,1,6-7,10-13H2,2H3,(H2,21,22,23). The van der Waals surface area contributed by atoms with E-state index in [0.717, 1.165) is 11.3 Å². The number of unbranched alkanes of at least 4 members (excludes halogenated alkanes) is 1. The maximum absolute atomic E-state index is 12.1. The number of hydrogen-bond donors (Lipinski definition) is 2. The fraction of sp³-hybridized carbons (Fsp3) is 0.471. The van der Waals surface area contributed by atoms with Crippen LogP contribution >= 0.6 is 0 Å². The molecule has 1 aromatic carbocycles. The van der Waals surface area contributed by atoms with Crippen LogP contribution in [0.2, 0.25) is 0 Å². The molecule has 24 heavy (non-hydrogen) atoms. The molecular formula is C17H24F3N3O. The highest BCUT2D eigenvalue weighted by Gasteiger charge is 2.25. The summed E-state index contributed by atoms with van der Waals surface area (Å²) in [6, 6.07) is 7.59. The third-order valence-electron chi connectivity index (χ3n) is 3.18. The van der Waals surface area contributed by atoms with Gasteiger partial charge in [-0.3, -0.25) is 4.99 Å². The monoisotopic (exact) mass is 343 g/mol. The van der Waals surface area contributed by atoms with Crippen molar-refractivity contribution in [1.82, 2.24) is 10.6 Å². The molecule has 0 saturated carbocycles. The van der Waals surface area contributed by atoms with Gasteiger partial charge >= 0.3 is 6.18 Å². The molecule has 0 radical (unpaired) electrons. The lowest BCUT2D eigenvalue weighted by atomic mass is 10.2. The predicted octanol–water partition coefficient (Wildman–Crippen LogP) is 3.65. The van der Waals surface area contributed by atoms with Gasteiger partial charge in [-0.25, -0.2) is 0 Å². The zero-order valence-electron chi connectivity index (χ0n) is 13.8. The van der Waals surface area contributed by atoms with Gasteiger partial charge in [0.25, 0.3) is 0 Å². The van der Waals surface area contributed by atoms with Crippen LogP contribution in [0, 0.1) is 0 Å². The first-order valence-corrected chi connectivity index (χ1v) is 7.79. The van der Waals surface area contributed by atoms with Crippen molar-refractivity contribution in [2.45, 2.75) is 32.0 Å². The number of benzene rings is 1. The number of halogens is 3. The van der Waals surface area contributed by atoms with E-state index >= 15 is 0 Å². The number of para-hydroxylation sites is 1. The van der Waals surface area contributed by atoms with E-state index < -0.39 is 12.6 Å². The molecule has 0 amide bonds. The Labute approximate surface area is 140 Å². The molecular weight excluding hydrogens is 319 g/mol. The molecule has 0 atom stereocenters. The molecule has 2 N–H and O–H groups in total. The first kappa shape index (κ1) is 19.9. The van der Waals surface area contributed by atoms with Crippen LogP contribution in [0.25, 0.3) is 0 Å². The van der Waals surface area contributed by atoms with E-state index in [1.54, 1.807) is 13.1 Å². The molecule has 1 rings (SSSR count). The van der Waals surface area contributed by atoms with Gasteiger partial charge in [-0.2, -0.15) is 13.2 Å². The number of hydrogen-bond acceptors (Lipinski definition) is 2. The van der Waals surface area contributed by atoms with Crippen molar-refractivity contribution >= 4 is 5.96 Å². The Hall–Kier alpha value is -2.18. The third kappa shape index (κ3) is 8.45. The lowest BCUT2D eigenvalue weighted by Crippen LogP contribution is -2.37. The van der Waals surface area contributed by atoms with Crippen LogP contribution in [0.4, 0.5) is 13.2 Å². The van der Waals surface area contributed by atoms with Gasteiger partial charge in [-0.1, -0.05) is 30.9 Å². The highest BCUT2D eigenvalue weighted by Crippen LogP contribution is 2.21. The molecule has 0 spiro atoms. The van der Waals surface area contributed by atoms with Crippen LogP contribution in [-0.2, 0) is 6.54 Å². The number of rotatable bonds is 9. The Morgan fingerprint density at radius 2 is 2.00 bits per heavy atom. The van der Waals surface area contributed by atoms with Gasteiger partial charge in [-0.05, 0) is 18.9 Å². The van der Waals surface area contributed by atoms with Crippen LogP contribution < -0.4 is 15.4 Å². The second-order valence-corrected chi connectivity index (χ2v) is 5.13. The van der Waals surface area contributed by atoms with Gasteiger partial charge in [0.15, 0.2) is 5.96 Å². The quantitative estimate of drug-likeness (QED) is 0.311. The van der Waals surface area contributed by atoms with Crippen molar-refractivity contribution < 1.29 is 17.9 Å². The summed E-state index contributed by atoms with van der Waals surface area (Å²) in [5.41, 5.74) is 0.958. The largest absolute Gasteiger partial charge is 0.489 e. The van der Waals surface area contributed by atoms with E-state index in [1.807, 2.05) is 24.3 Å². The average molecular weight is 343 g/mol. The Balaban J connectivity index is 2.38. The van der Waals surface area contributed by atoms with E-state index in [1.165, 1.54) is 0 Å². The molecule has 0 bridgehead atoms. The molecule has 0 unspecified atom stereocenters. The van der Waals surface area contributed by atoms with Crippen molar-refractivity contribution in [1.29, 1.82) is 0 Å². The molecule has 0 saturated heterocycles. The smallest absolute Gasteiger partial charge is 0.389 e. The van der Waals surface area contributed by atoms with E-state index in [2.05, 4.69) is 22.2 Å². The Kier molecular flexibility index (Phi) is 8.75. The molecule has 0 heterocycles. The molecule has 1 aromatic rings. The first-order chi connectivity index (χ1) is 11.5.